The lowest BCUT2D eigenvalue weighted by Gasteiger charge is -2.39. The van der Waals surface area contributed by atoms with Crippen molar-refractivity contribution in [1.29, 1.82) is 0 Å². The lowest BCUT2D eigenvalue weighted by atomic mass is 9.65. The molecule has 1 saturated carbocycles. The molecule has 0 spiro atoms. The lowest BCUT2D eigenvalue weighted by molar-refractivity contribution is -0.132. The average Bonchev–Trinajstić information content (AvgIpc) is 2.50. The number of thiophene rings is 1. The minimum atomic E-state index is -0.184. The van der Waals surface area contributed by atoms with E-state index in [9.17, 15) is 4.79 Å². The highest BCUT2D eigenvalue weighted by Gasteiger charge is 2.42. The van der Waals surface area contributed by atoms with Crippen LogP contribution in [0.25, 0.3) is 0 Å². The highest BCUT2D eigenvalue weighted by Crippen LogP contribution is 2.41. The molecule has 0 amide bonds. The summed E-state index contributed by atoms with van der Waals surface area (Å²) in [7, 11) is 0. The van der Waals surface area contributed by atoms with Gasteiger partial charge < -0.3 is 5.73 Å². The van der Waals surface area contributed by atoms with Crippen molar-refractivity contribution in [1.82, 2.24) is 0 Å². The first-order valence-electron chi connectivity index (χ1n) is 5.12. The van der Waals surface area contributed by atoms with E-state index in [1.165, 1.54) is 0 Å². The Morgan fingerprint density at radius 1 is 1.60 bits per heavy atom. The normalized spacial score (nSPS) is 18.5. The van der Waals surface area contributed by atoms with Crippen LogP contribution in [-0.4, -0.2) is 12.3 Å². The Hall–Kier alpha value is -0.190. The summed E-state index contributed by atoms with van der Waals surface area (Å²) in [5, 5.41) is 2.01. The third-order valence-corrected chi connectivity index (χ3v) is 4.95. The van der Waals surface area contributed by atoms with E-state index in [4.69, 9.17) is 5.73 Å². The molecular weight excluding hydrogens is 274 g/mol. The molecule has 0 radical (unpaired) electrons. The van der Waals surface area contributed by atoms with Crippen molar-refractivity contribution < 1.29 is 4.79 Å². The van der Waals surface area contributed by atoms with Gasteiger partial charge in [-0.2, -0.15) is 0 Å². The van der Waals surface area contributed by atoms with E-state index in [1.807, 2.05) is 11.4 Å². The number of carbonyl (C=O) groups is 1. The molecule has 82 valence electrons. The molecule has 0 aromatic carbocycles. The third kappa shape index (κ3) is 2.17. The number of nitrogens with two attached hydrogens (primary N) is 1. The van der Waals surface area contributed by atoms with Crippen molar-refractivity contribution in [2.75, 3.05) is 6.54 Å². The summed E-state index contributed by atoms with van der Waals surface area (Å²) in [6, 6.07) is 2.02. The number of halogens is 1. The van der Waals surface area contributed by atoms with Crippen LogP contribution in [0.2, 0.25) is 0 Å². The summed E-state index contributed by atoms with van der Waals surface area (Å²) in [6.45, 7) is 0.512. The molecule has 0 bridgehead atoms. The van der Waals surface area contributed by atoms with Crippen LogP contribution in [-0.2, 0) is 11.2 Å². The third-order valence-electron chi connectivity index (χ3n) is 3.25. The molecule has 15 heavy (non-hydrogen) atoms. The number of hydrogen-bond donors (Lipinski definition) is 1. The van der Waals surface area contributed by atoms with E-state index >= 15 is 0 Å². The second-order valence-corrected chi connectivity index (χ2v) is 6.08. The largest absolute Gasteiger partial charge is 0.329 e. The Kier molecular flexibility index (Phi) is 3.28. The maximum atomic E-state index is 12.1. The van der Waals surface area contributed by atoms with Crippen LogP contribution in [0.1, 0.15) is 24.1 Å². The molecule has 1 aliphatic carbocycles. The molecule has 0 saturated heterocycles. The van der Waals surface area contributed by atoms with Gasteiger partial charge in [0.2, 0.25) is 0 Å². The van der Waals surface area contributed by atoms with Crippen molar-refractivity contribution >= 4 is 33.0 Å². The SMILES string of the molecule is NCC1(C(=O)Cc2cc(Br)cs2)CCC1. The average molecular weight is 288 g/mol. The maximum absolute atomic E-state index is 12.1. The smallest absolute Gasteiger partial charge is 0.145 e. The molecule has 2 nitrogen and oxygen atoms in total. The summed E-state index contributed by atoms with van der Waals surface area (Å²) in [6.07, 6.45) is 3.66. The number of Topliss-reactive ketones (excluding diaryl/α,β-unsaturated/α-hetero) is 1. The van der Waals surface area contributed by atoms with Crippen LogP contribution in [0, 0.1) is 5.41 Å². The molecule has 4 heteroatoms. The quantitative estimate of drug-likeness (QED) is 0.925. The Morgan fingerprint density at radius 3 is 2.73 bits per heavy atom. The van der Waals surface area contributed by atoms with Crippen molar-refractivity contribution in [2.45, 2.75) is 25.7 Å². The van der Waals surface area contributed by atoms with Crippen molar-refractivity contribution in [2.24, 2.45) is 11.1 Å². The second-order valence-electron chi connectivity index (χ2n) is 4.17. The zero-order valence-corrected chi connectivity index (χ0v) is 10.9. The van der Waals surface area contributed by atoms with E-state index in [0.717, 1.165) is 28.6 Å². The van der Waals surface area contributed by atoms with Crippen LogP contribution in [0.4, 0.5) is 0 Å². The standard InChI is InChI=1S/C11H14BrNOS/c12-8-4-9(15-6-8)5-10(14)11(7-13)2-1-3-11/h4,6H,1-3,5,7,13H2. The summed E-state index contributed by atoms with van der Waals surface area (Å²) in [5.74, 6) is 0.325. The first kappa shape index (κ1) is 11.3. The highest BCUT2D eigenvalue weighted by atomic mass is 79.9. The summed E-state index contributed by atoms with van der Waals surface area (Å²) < 4.78 is 1.06. The monoisotopic (exact) mass is 287 g/mol. The fraction of sp³-hybridized carbons (Fsp3) is 0.545. The van der Waals surface area contributed by atoms with Gasteiger partial charge in [0.05, 0.1) is 0 Å². The van der Waals surface area contributed by atoms with Gasteiger partial charge in [0, 0.05) is 33.1 Å². The fourth-order valence-corrected chi connectivity index (χ4v) is 3.44. The molecule has 1 fully saturated rings. The Labute approximate surface area is 102 Å². The minimum Gasteiger partial charge on any atom is -0.329 e. The zero-order valence-electron chi connectivity index (χ0n) is 8.46. The summed E-state index contributed by atoms with van der Waals surface area (Å²) in [4.78, 5) is 13.2. The molecule has 2 rings (SSSR count). The highest BCUT2D eigenvalue weighted by molar-refractivity contribution is 9.10. The van der Waals surface area contributed by atoms with Gasteiger partial charge in [0.25, 0.3) is 0 Å². The van der Waals surface area contributed by atoms with Crippen LogP contribution >= 0.6 is 27.3 Å². The van der Waals surface area contributed by atoms with E-state index < -0.39 is 0 Å². The first-order chi connectivity index (χ1) is 7.16. The molecule has 2 N–H and O–H groups in total. The predicted molar refractivity (Wildman–Crippen MR) is 66.1 cm³/mol. The van der Waals surface area contributed by atoms with Gasteiger partial charge >= 0.3 is 0 Å². The molecule has 0 unspecified atom stereocenters. The van der Waals surface area contributed by atoms with Gasteiger partial charge in [-0.15, -0.1) is 11.3 Å². The fourth-order valence-electron chi connectivity index (χ4n) is 1.99. The minimum absolute atomic E-state index is 0.184. The molecule has 1 aliphatic rings. The lowest BCUT2D eigenvalue weighted by Crippen LogP contribution is -2.45. The second kappa shape index (κ2) is 4.36. The molecule has 1 aromatic rings. The van der Waals surface area contributed by atoms with Crippen LogP contribution in [0.5, 0.6) is 0 Å². The predicted octanol–water partition coefficient (Wildman–Crippen LogP) is 2.75. The van der Waals surface area contributed by atoms with Gasteiger partial charge in [0.15, 0.2) is 0 Å². The van der Waals surface area contributed by atoms with Gasteiger partial charge in [-0.1, -0.05) is 6.42 Å². The van der Waals surface area contributed by atoms with Crippen LogP contribution in [0.3, 0.4) is 0 Å². The van der Waals surface area contributed by atoms with E-state index in [0.29, 0.717) is 18.7 Å². The van der Waals surface area contributed by atoms with Crippen LogP contribution in [0.15, 0.2) is 15.9 Å². The van der Waals surface area contributed by atoms with Gasteiger partial charge in [-0.25, -0.2) is 0 Å². The number of carbonyl (C=O) groups excluding carboxylic acids is 1. The number of rotatable bonds is 4. The van der Waals surface area contributed by atoms with Gasteiger partial charge in [0.1, 0.15) is 5.78 Å². The van der Waals surface area contributed by atoms with Crippen molar-refractivity contribution in [3.05, 3.63) is 20.8 Å². The van der Waals surface area contributed by atoms with E-state index in [2.05, 4.69) is 15.9 Å². The molecule has 1 aromatic heterocycles. The van der Waals surface area contributed by atoms with Crippen LogP contribution < -0.4 is 5.73 Å². The van der Waals surface area contributed by atoms with Crippen molar-refractivity contribution in [3.63, 3.8) is 0 Å². The summed E-state index contributed by atoms with van der Waals surface area (Å²) in [5.41, 5.74) is 5.52. The number of ketones is 1. The molecule has 1 heterocycles. The molecule has 0 aliphatic heterocycles. The Bertz CT molecular complexity index is 365. The summed E-state index contributed by atoms with van der Waals surface area (Å²) >= 11 is 5.03. The maximum Gasteiger partial charge on any atom is 0.145 e. The van der Waals surface area contributed by atoms with Crippen molar-refractivity contribution in [3.8, 4) is 0 Å². The molecule has 0 atom stereocenters. The van der Waals surface area contributed by atoms with Gasteiger partial charge in [-0.3, -0.25) is 4.79 Å². The van der Waals surface area contributed by atoms with Gasteiger partial charge in [-0.05, 0) is 34.8 Å². The number of hydrogen-bond acceptors (Lipinski definition) is 3. The zero-order chi connectivity index (χ0) is 10.9. The Balaban J connectivity index is 2.03. The van der Waals surface area contributed by atoms with E-state index in [1.54, 1.807) is 11.3 Å². The topological polar surface area (TPSA) is 43.1 Å². The Morgan fingerprint density at radius 2 is 2.33 bits per heavy atom. The van der Waals surface area contributed by atoms with E-state index in [-0.39, 0.29) is 5.41 Å². The first-order valence-corrected chi connectivity index (χ1v) is 6.80. The molecular formula is C11H14BrNOS.